The minimum Gasteiger partial charge on any atom is -0.389 e. The smallest absolute Gasteiger partial charge is 0.0897 e. The van der Waals surface area contributed by atoms with E-state index < -0.39 is 0 Å². The van der Waals surface area contributed by atoms with Gasteiger partial charge in [-0.25, -0.2) is 0 Å². The SMILES string of the molecule is CCC(C)NCC(O)COC1CCC2CCNC2C1. The molecule has 5 unspecified atom stereocenters. The third-order valence-corrected chi connectivity index (χ3v) is 4.71. The number of hydrogen-bond donors (Lipinski definition) is 3. The first-order valence-corrected chi connectivity index (χ1v) is 7.95. The van der Waals surface area contributed by atoms with Crippen molar-refractivity contribution in [3.63, 3.8) is 0 Å². The van der Waals surface area contributed by atoms with Crippen LogP contribution in [0.15, 0.2) is 0 Å². The molecule has 1 heterocycles. The summed E-state index contributed by atoms with van der Waals surface area (Å²) in [7, 11) is 0. The van der Waals surface area contributed by atoms with E-state index in [2.05, 4.69) is 24.5 Å². The molecule has 1 saturated heterocycles. The quantitative estimate of drug-likeness (QED) is 0.652. The molecule has 2 rings (SSSR count). The minimum absolute atomic E-state index is 0.338. The molecule has 4 nitrogen and oxygen atoms in total. The van der Waals surface area contributed by atoms with Crippen LogP contribution in [-0.2, 0) is 4.74 Å². The first kappa shape index (κ1) is 15.2. The maximum Gasteiger partial charge on any atom is 0.0897 e. The second-order valence-corrected chi connectivity index (χ2v) is 6.25. The second-order valence-electron chi connectivity index (χ2n) is 6.25. The molecule has 0 aromatic rings. The highest BCUT2D eigenvalue weighted by atomic mass is 16.5. The van der Waals surface area contributed by atoms with Gasteiger partial charge >= 0.3 is 0 Å². The van der Waals surface area contributed by atoms with Crippen LogP contribution in [0, 0.1) is 5.92 Å². The molecule has 2 aliphatic rings. The molecule has 19 heavy (non-hydrogen) atoms. The molecule has 0 radical (unpaired) electrons. The lowest BCUT2D eigenvalue weighted by Crippen LogP contribution is -2.40. The molecule has 2 fully saturated rings. The number of aliphatic hydroxyl groups excluding tert-OH is 1. The number of rotatable bonds is 7. The molecule has 0 bridgehead atoms. The summed E-state index contributed by atoms with van der Waals surface area (Å²) in [5.74, 6) is 0.872. The summed E-state index contributed by atoms with van der Waals surface area (Å²) in [6.07, 6.45) is 5.94. The van der Waals surface area contributed by atoms with Crippen LogP contribution < -0.4 is 10.6 Å². The van der Waals surface area contributed by atoms with Crippen LogP contribution in [0.5, 0.6) is 0 Å². The van der Waals surface area contributed by atoms with Gasteiger partial charge in [-0.05, 0) is 51.5 Å². The number of ether oxygens (including phenoxy) is 1. The van der Waals surface area contributed by atoms with E-state index in [4.69, 9.17) is 4.74 Å². The summed E-state index contributed by atoms with van der Waals surface area (Å²) < 4.78 is 5.89. The van der Waals surface area contributed by atoms with Gasteiger partial charge in [0.05, 0.1) is 18.8 Å². The van der Waals surface area contributed by atoms with Gasteiger partial charge in [-0.1, -0.05) is 6.92 Å². The standard InChI is InChI=1S/C15H30N2O2/c1-3-11(2)17-9-13(18)10-19-14-5-4-12-6-7-16-15(12)8-14/h11-18H,3-10H2,1-2H3. The van der Waals surface area contributed by atoms with Gasteiger partial charge in [-0.2, -0.15) is 0 Å². The van der Waals surface area contributed by atoms with Gasteiger partial charge in [0, 0.05) is 18.6 Å². The number of aliphatic hydroxyl groups is 1. The summed E-state index contributed by atoms with van der Waals surface area (Å²) in [5, 5.41) is 16.8. The maximum atomic E-state index is 9.91. The topological polar surface area (TPSA) is 53.5 Å². The Kier molecular flexibility index (Phi) is 6.07. The van der Waals surface area contributed by atoms with E-state index in [1.54, 1.807) is 0 Å². The fourth-order valence-electron chi connectivity index (χ4n) is 3.18. The normalized spacial score (nSPS) is 33.9. The lowest BCUT2D eigenvalue weighted by atomic mass is 9.84. The van der Waals surface area contributed by atoms with E-state index in [9.17, 15) is 5.11 Å². The zero-order valence-corrected chi connectivity index (χ0v) is 12.4. The lowest BCUT2D eigenvalue weighted by molar-refractivity contribution is -0.0324. The molecule has 0 aromatic heterocycles. The molecule has 0 aromatic carbocycles. The van der Waals surface area contributed by atoms with Crippen LogP contribution >= 0.6 is 0 Å². The molecule has 1 aliphatic carbocycles. The highest BCUT2D eigenvalue weighted by molar-refractivity contribution is 4.90. The lowest BCUT2D eigenvalue weighted by Gasteiger charge is -2.32. The van der Waals surface area contributed by atoms with Crippen molar-refractivity contribution in [1.82, 2.24) is 10.6 Å². The molecule has 5 atom stereocenters. The van der Waals surface area contributed by atoms with Gasteiger partial charge < -0.3 is 20.5 Å². The summed E-state index contributed by atoms with van der Waals surface area (Å²) in [4.78, 5) is 0. The first-order valence-electron chi connectivity index (χ1n) is 7.95. The van der Waals surface area contributed by atoms with Gasteiger partial charge in [0.25, 0.3) is 0 Å². The average Bonchev–Trinajstić information content (AvgIpc) is 2.89. The van der Waals surface area contributed by atoms with Crippen LogP contribution in [-0.4, -0.2) is 49.1 Å². The van der Waals surface area contributed by atoms with E-state index in [0.29, 0.717) is 31.3 Å². The Morgan fingerprint density at radius 2 is 2.21 bits per heavy atom. The third-order valence-electron chi connectivity index (χ3n) is 4.71. The number of fused-ring (bicyclic) bond motifs is 1. The fraction of sp³-hybridized carbons (Fsp3) is 1.00. The predicted octanol–water partition coefficient (Wildman–Crippen LogP) is 1.28. The Hall–Kier alpha value is -0.160. The van der Waals surface area contributed by atoms with Gasteiger partial charge in [0.15, 0.2) is 0 Å². The zero-order valence-electron chi connectivity index (χ0n) is 12.4. The van der Waals surface area contributed by atoms with Crippen LogP contribution in [0.3, 0.4) is 0 Å². The third kappa shape index (κ3) is 4.71. The van der Waals surface area contributed by atoms with Gasteiger partial charge in [-0.3, -0.25) is 0 Å². The monoisotopic (exact) mass is 270 g/mol. The molecule has 1 saturated carbocycles. The van der Waals surface area contributed by atoms with Crippen molar-refractivity contribution >= 4 is 0 Å². The highest BCUT2D eigenvalue weighted by Crippen LogP contribution is 2.32. The maximum absolute atomic E-state index is 9.91. The van der Waals surface area contributed by atoms with Gasteiger partial charge in [0.1, 0.15) is 0 Å². The molecule has 3 N–H and O–H groups in total. The van der Waals surface area contributed by atoms with Crippen LogP contribution in [0.25, 0.3) is 0 Å². The van der Waals surface area contributed by atoms with E-state index in [-0.39, 0.29) is 6.10 Å². The van der Waals surface area contributed by atoms with Crippen molar-refractivity contribution in [2.45, 2.75) is 70.2 Å². The van der Waals surface area contributed by atoms with Crippen LogP contribution in [0.2, 0.25) is 0 Å². The van der Waals surface area contributed by atoms with Crippen molar-refractivity contribution in [1.29, 1.82) is 0 Å². The van der Waals surface area contributed by atoms with Crippen molar-refractivity contribution in [3.8, 4) is 0 Å². The largest absolute Gasteiger partial charge is 0.389 e. The predicted molar refractivity (Wildman–Crippen MR) is 77.3 cm³/mol. The van der Waals surface area contributed by atoms with Crippen molar-refractivity contribution < 1.29 is 9.84 Å². The molecule has 0 amide bonds. The number of hydrogen-bond acceptors (Lipinski definition) is 4. The van der Waals surface area contributed by atoms with E-state index in [1.807, 2.05) is 0 Å². The summed E-state index contributed by atoms with van der Waals surface area (Å²) >= 11 is 0. The van der Waals surface area contributed by atoms with E-state index in [0.717, 1.165) is 25.2 Å². The van der Waals surface area contributed by atoms with Crippen molar-refractivity contribution in [3.05, 3.63) is 0 Å². The Bertz CT molecular complexity index is 263. The average molecular weight is 270 g/mol. The summed E-state index contributed by atoms with van der Waals surface area (Å²) in [6, 6.07) is 1.13. The van der Waals surface area contributed by atoms with Crippen LogP contribution in [0.1, 0.15) is 46.0 Å². The molecule has 112 valence electrons. The van der Waals surface area contributed by atoms with E-state index in [1.165, 1.54) is 19.4 Å². The molecule has 0 spiro atoms. The second kappa shape index (κ2) is 7.58. The fourth-order valence-corrected chi connectivity index (χ4v) is 3.18. The van der Waals surface area contributed by atoms with Crippen molar-refractivity contribution in [2.75, 3.05) is 19.7 Å². The minimum atomic E-state index is -0.386. The van der Waals surface area contributed by atoms with Gasteiger partial charge in [-0.15, -0.1) is 0 Å². The Morgan fingerprint density at radius 1 is 1.37 bits per heavy atom. The van der Waals surface area contributed by atoms with Gasteiger partial charge in [0.2, 0.25) is 0 Å². The van der Waals surface area contributed by atoms with Crippen molar-refractivity contribution in [2.24, 2.45) is 5.92 Å². The van der Waals surface area contributed by atoms with E-state index >= 15 is 0 Å². The first-order chi connectivity index (χ1) is 9.19. The molecular formula is C15H30N2O2. The molecule has 4 heteroatoms. The summed E-state index contributed by atoms with van der Waals surface area (Å²) in [6.45, 7) is 6.55. The molecular weight excluding hydrogens is 240 g/mol. The number of nitrogens with one attached hydrogen (secondary N) is 2. The Labute approximate surface area is 117 Å². The molecule has 1 aliphatic heterocycles. The Morgan fingerprint density at radius 3 is 3.00 bits per heavy atom. The summed E-state index contributed by atoms with van der Waals surface area (Å²) in [5.41, 5.74) is 0. The van der Waals surface area contributed by atoms with Crippen LogP contribution in [0.4, 0.5) is 0 Å². The highest BCUT2D eigenvalue weighted by Gasteiger charge is 2.34. The Balaban J connectivity index is 1.60. The zero-order chi connectivity index (χ0) is 13.7.